The Hall–Kier alpha value is -3.53. The summed E-state index contributed by atoms with van der Waals surface area (Å²) in [5.41, 5.74) is 6.64. The van der Waals surface area contributed by atoms with Crippen molar-refractivity contribution in [2.45, 2.75) is 26.8 Å². The fourth-order valence-corrected chi connectivity index (χ4v) is 3.29. The highest BCUT2D eigenvalue weighted by Crippen LogP contribution is 2.27. The van der Waals surface area contributed by atoms with Crippen LogP contribution in [-0.2, 0) is 13.0 Å². The van der Waals surface area contributed by atoms with E-state index in [4.69, 9.17) is 5.26 Å². The second-order valence-electron chi connectivity index (χ2n) is 6.66. The van der Waals surface area contributed by atoms with E-state index in [1.807, 2.05) is 38.4 Å². The van der Waals surface area contributed by atoms with Crippen molar-refractivity contribution < 1.29 is 0 Å². The molecule has 0 atom stereocenters. The largest absolute Gasteiger partial charge is 0.354 e. The number of hydrogen-bond acceptors (Lipinski definition) is 7. The van der Waals surface area contributed by atoms with Crippen LogP contribution in [0.4, 0.5) is 17.2 Å². The molecule has 0 aromatic carbocycles. The molecule has 0 spiro atoms. The van der Waals surface area contributed by atoms with E-state index in [9.17, 15) is 0 Å². The zero-order chi connectivity index (χ0) is 18.8. The van der Waals surface area contributed by atoms with E-state index in [-0.39, 0.29) is 0 Å². The van der Waals surface area contributed by atoms with Crippen LogP contribution in [-0.4, -0.2) is 26.7 Å². The van der Waals surface area contributed by atoms with Crippen molar-refractivity contribution in [3.05, 3.63) is 64.9 Å². The summed E-state index contributed by atoms with van der Waals surface area (Å²) in [7, 11) is 0. The van der Waals surface area contributed by atoms with Gasteiger partial charge in [0.05, 0.1) is 11.9 Å². The Labute approximate surface area is 157 Å². The monoisotopic (exact) mass is 357 g/mol. The number of nitriles is 1. The average Bonchev–Trinajstić information content (AvgIpc) is 2.69. The molecule has 0 bridgehead atoms. The maximum absolute atomic E-state index is 8.98. The average molecular weight is 357 g/mol. The van der Waals surface area contributed by atoms with Gasteiger partial charge < -0.3 is 10.2 Å². The Balaban J connectivity index is 1.59. The van der Waals surface area contributed by atoms with Crippen molar-refractivity contribution in [3.8, 4) is 6.07 Å². The highest BCUT2D eigenvalue weighted by molar-refractivity contribution is 5.63. The molecule has 0 amide bonds. The molecule has 0 unspecified atom stereocenters. The van der Waals surface area contributed by atoms with Gasteiger partial charge >= 0.3 is 0 Å². The molecule has 0 fully saturated rings. The summed E-state index contributed by atoms with van der Waals surface area (Å²) < 4.78 is 0. The van der Waals surface area contributed by atoms with Crippen LogP contribution in [0.5, 0.6) is 0 Å². The van der Waals surface area contributed by atoms with Crippen LogP contribution in [0.1, 0.15) is 28.1 Å². The van der Waals surface area contributed by atoms with Crippen molar-refractivity contribution >= 4 is 17.2 Å². The lowest BCUT2D eigenvalue weighted by Gasteiger charge is -2.30. The molecule has 3 aromatic heterocycles. The number of anilines is 3. The van der Waals surface area contributed by atoms with Crippen LogP contribution >= 0.6 is 0 Å². The summed E-state index contributed by atoms with van der Waals surface area (Å²) in [6.45, 7) is 5.53. The Morgan fingerprint density at radius 2 is 2.04 bits per heavy atom. The predicted molar refractivity (Wildman–Crippen MR) is 103 cm³/mol. The molecule has 0 aliphatic carbocycles. The van der Waals surface area contributed by atoms with Gasteiger partial charge in [-0.1, -0.05) is 0 Å². The number of rotatable bonds is 3. The SMILES string of the molecule is Cc1cnccc1Nc1cnc2c(c1)CN(c1nnc(C#N)cc1C)CC2. The summed E-state index contributed by atoms with van der Waals surface area (Å²) in [5.74, 6) is 0.822. The van der Waals surface area contributed by atoms with Crippen molar-refractivity contribution in [1.29, 1.82) is 5.26 Å². The second kappa shape index (κ2) is 7.00. The fourth-order valence-electron chi connectivity index (χ4n) is 3.29. The minimum atomic E-state index is 0.342. The van der Waals surface area contributed by atoms with Crippen LogP contribution in [0.3, 0.4) is 0 Å². The number of pyridine rings is 2. The first-order chi connectivity index (χ1) is 13.1. The second-order valence-corrected chi connectivity index (χ2v) is 6.66. The summed E-state index contributed by atoms with van der Waals surface area (Å²) in [6, 6.07) is 7.91. The van der Waals surface area contributed by atoms with Crippen molar-refractivity contribution in [1.82, 2.24) is 20.2 Å². The third-order valence-electron chi connectivity index (χ3n) is 4.71. The normalized spacial score (nSPS) is 13.0. The van der Waals surface area contributed by atoms with Gasteiger partial charge in [-0.25, -0.2) is 0 Å². The third-order valence-corrected chi connectivity index (χ3v) is 4.71. The lowest BCUT2D eigenvalue weighted by atomic mass is 10.0. The van der Waals surface area contributed by atoms with Gasteiger partial charge in [-0.05, 0) is 48.7 Å². The Morgan fingerprint density at radius 1 is 1.15 bits per heavy atom. The molecular formula is C20H19N7. The maximum Gasteiger partial charge on any atom is 0.163 e. The van der Waals surface area contributed by atoms with Gasteiger partial charge in [-0.2, -0.15) is 5.26 Å². The minimum Gasteiger partial charge on any atom is -0.354 e. The number of hydrogen-bond donors (Lipinski definition) is 1. The topological polar surface area (TPSA) is 90.6 Å². The lowest BCUT2D eigenvalue weighted by molar-refractivity contribution is 0.693. The van der Waals surface area contributed by atoms with Crippen LogP contribution in [0.15, 0.2) is 36.8 Å². The van der Waals surface area contributed by atoms with Gasteiger partial charge in [0.1, 0.15) is 6.07 Å². The number of fused-ring (bicyclic) bond motifs is 1. The summed E-state index contributed by atoms with van der Waals surface area (Å²) in [4.78, 5) is 11.0. The van der Waals surface area contributed by atoms with Crippen molar-refractivity contribution in [2.24, 2.45) is 0 Å². The van der Waals surface area contributed by atoms with E-state index in [1.165, 1.54) is 5.56 Å². The smallest absolute Gasteiger partial charge is 0.163 e. The van der Waals surface area contributed by atoms with E-state index in [0.29, 0.717) is 12.2 Å². The van der Waals surface area contributed by atoms with E-state index >= 15 is 0 Å². The summed E-state index contributed by atoms with van der Waals surface area (Å²) in [5, 5.41) is 20.6. The lowest BCUT2D eigenvalue weighted by Crippen LogP contribution is -2.32. The molecule has 0 saturated heterocycles. The molecule has 4 rings (SSSR count). The number of nitrogens with one attached hydrogen (secondary N) is 1. The first-order valence-corrected chi connectivity index (χ1v) is 8.79. The van der Waals surface area contributed by atoms with Gasteiger partial charge in [-0.3, -0.25) is 9.97 Å². The van der Waals surface area contributed by atoms with E-state index < -0.39 is 0 Å². The molecule has 134 valence electrons. The van der Waals surface area contributed by atoms with Crippen LogP contribution in [0.25, 0.3) is 0 Å². The van der Waals surface area contributed by atoms with Gasteiger partial charge in [0.15, 0.2) is 11.5 Å². The summed E-state index contributed by atoms with van der Waals surface area (Å²) >= 11 is 0. The zero-order valence-corrected chi connectivity index (χ0v) is 15.3. The molecule has 0 saturated carbocycles. The van der Waals surface area contributed by atoms with Crippen LogP contribution < -0.4 is 10.2 Å². The Morgan fingerprint density at radius 3 is 2.81 bits per heavy atom. The minimum absolute atomic E-state index is 0.342. The molecule has 7 nitrogen and oxygen atoms in total. The van der Waals surface area contributed by atoms with Crippen molar-refractivity contribution in [3.63, 3.8) is 0 Å². The Kier molecular flexibility index (Phi) is 4.38. The number of aryl methyl sites for hydroxylation is 2. The molecule has 1 aliphatic rings. The van der Waals surface area contributed by atoms with Gasteiger partial charge in [0, 0.05) is 43.3 Å². The predicted octanol–water partition coefficient (Wildman–Crippen LogP) is 3.06. The molecule has 1 aliphatic heterocycles. The molecule has 0 radical (unpaired) electrons. The van der Waals surface area contributed by atoms with E-state index in [2.05, 4.69) is 36.4 Å². The molecule has 7 heteroatoms. The Bertz CT molecular complexity index is 1040. The zero-order valence-electron chi connectivity index (χ0n) is 15.3. The van der Waals surface area contributed by atoms with Crippen LogP contribution in [0.2, 0.25) is 0 Å². The van der Waals surface area contributed by atoms with Crippen molar-refractivity contribution in [2.75, 3.05) is 16.8 Å². The first-order valence-electron chi connectivity index (χ1n) is 8.79. The quantitative estimate of drug-likeness (QED) is 0.770. The molecular weight excluding hydrogens is 338 g/mol. The van der Waals surface area contributed by atoms with Gasteiger partial charge in [-0.15, -0.1) is 10.2 Å². The van der Waals surface area contributed by atoms with E-state index in [1.54, 1.807) is 12.3 Å². The molecule has 27 heavy (non-hydrogen) atoms. The third kappa shape index (κ3) is 3.42. The highest BCUT2D eigenvalue weighted by atomic mass is 15.3. The van der Waals surface area contributed by atoms with E-state index in [0.717, 1.165) is 47.0 Å². The first kappa shape index (κ1) is 16.9. The summed E-state index contributed by atoms with van der Waals surface area (Å²) in [6.07, 6.45) is 6.34. The fraction of sp³-hybridized carbons (Fsp3) is 0.250. The standard InChI is InChI=1S/C20H19N7/c1-13-7-16(9-21)25-26-20(13)27-6-4-19-15(12-27)8-17(11-23-19)24-18-3-5-22-10-14(18)2/h3,5,7-8,10-11H,4,6,12H2,1-2H3,(H,22,24). The molecule has 1 N–H and O–H groups in total. The van der Waals surface area contributed by atoms with Gasteiger partial charge in [0.25, 0.3) is 0 Å². The maximum atomic E-state index is 8.98. The highest BCUT2D eigenvalue weighted by Gasteiger charge is 2.21. The van der Waals surface area contributed by atoms with Gasteiger partial charge in [0.2, 0.25) is 0 Å². The number of nitrogens with zero attached hydrogens (tertiary/aromatic N) is 6. The van der Waals surface area contributed by atoms with Crippen LogP contribution in [0, 0.1) is 25.2 Å². The number of aromatic nitrogens is 4. The molecule has 4 heterocycles. The molecule has 3 aromatic rings.